The lowest BCUT2D eigenvalue weighted by Crippen LogP contribution is -2.15. The van der Waals surface area contributed by atoms with E-state index in [9.17, 15) is 13.2 Å². The molecule has 1 heterocycles. The first-order chi connectivity index (χ1) is 8.43. The monoisotopic (exact) mass is 323 g/mol. The molecular formula is C12H13BrF3NO. The minimum atomic E-state index is -4.41. The smallest absolute Gasteiger partial charge is 0.420 e. The van der Waals surface area contributed by atoms with Crippen LogP contribution in [0.25, 0.3) is 0 Å². The maximum Gasteiger partial charge on any atom is 0.420 e. The fourth-order valence-corrected chi connectivity index (χ4v) is 2.84. The lowest BCUT2D eigenvalue weighted by Gasteiger charge is -2.18. The summed E-state index contributed by atoms with van der Waals surface area (Å²) in [5, 5.41) is 3.19. The Morgan fingerprint density at radius 3 is 2.61 bits per heavy atom. The third kappa shape index (κ3) is 2.64. The molecule has 1 aromatic carbocycles. The molecule has 0 amide bonds. The summed E-state index contributed by atoms with van der Waals surface area (Å²) in [5.41, 5.74) is -0.0874. The second kappa shape index (κ2) is 5.09. The molecule has 1 fully saturated rings. The third-order valence-electron chi connectivity index (χ3n) is 3.04. The van der Waals surface area contributed by atoms with Gasteiger partial charge in [-0.1, -0.05) is 0 Å². The number of hydrogen-bond donors (Lipinski definition) is 1. The van der Waals surface area contributed by atoms with Crippen molar-refractivity contribution in [2.75, 3.05) is 13.7 Å². The van der Waals surface area contributed by atoms with Gasteiger partial charge in [-0.15, -0.1) is 0 Å². The van der Waals surface area contributed by atoms with Gasteiger partial charge in [0.1, 0.15) is 5.75 Å². The Morgan fingerprint density at radius 2 is 2.11 bits per heavy atom. The number of nitrogens with one attached hydrogen (secondary N) is 1. The molecule has 100 valence electrons. The fourth-order valence-electron chi connectivity index (χ4n) is 2.20. The second-order valence-electron chi connectivity index (χ2n) is 4.23. The Kier molecular flexibility index (Phi) is 3.87. The predicted octanol–water partition coefficient (Wildman–Crippen LogP) is 3.90. The van der Waals surface area contributed by atoms with E-state index in [1.54, 1.807) is 6.07 Å². The van der Waals surface area contributed by atoms with E-state index in [1.165, 1.54) is 13.2 Å². The largest absolute Gasteiger partial charge is 0.495 e. The van der Waals surface area contributed by atoms with Crippen molar-refractivity contribution in [3.63, 3.8) is 0 Å². The van der Waals surface area contributed by atoms with Crippen LogP contribution in [0.4, 0.5) is 13.2 Å². The summed E-state index contributed by atoms with van der Waals surface area (Å²) in [6.07, 6.45) is -2.58. The molecule has 0 bridgehead atoms. The highest BCUT2D eigenvalue weighted by Crippen LogP contribution is 2.42. The highest BCUT2D eigenvalue weighted by atomic mass is 79.9. The van der Waals surface area contributed by atoms with E-state index in [4.69, 9.17) is 4.74 Å². The van der Waals surface area contributed by atoms with Gasteiger partial charge in [0.25, 0.3) is 0 Å². The van der Waals surface area contributed by atoms with Gasteiger partial charge in [-0.25, -0.2) is 0 Å². The zero-order valence-electron chi connectivity index (χ0n) is 9.77. The highest BCUT2D eigenvalue weighted by molar-refractivity contribution is 9.10. The van der Waals surface area contributed by atoms with Crippen LogP contribution in [-0.2, 0) is 6.18 Å². The molecule has 1 aromatic rings. The quantitative estimate of drug-likeness (QED) is 0.891. The van der Waals surface area contributed by atoms with Crippen molar-refractivity contribution in [2.24, 2.45) is 0 Å². The first kappa shape index (κ1) is 13.7. The van der Waals surface area contributed by atoms with E-state index >= 15 is 0 Å². The Morgan fingerprint density at radius 1 is 1.39 bits per heavy atom. The van der Waals surface area contributed by atoms with Crippen molar-refractivity contribution in [1.82, 2.24) is 5.32 Å². The van der Waals surface area contributed by atoms with Gasteiger partial charge in [0.2, 0.25) is 0 Å². The molecule has 6 heteroatoms. The van der Waals surface area contributed by atoms with Gasteiger partial charge in [0.15, 0.2) is 0 Å². The Bertz CT molecular complexity index is 442. The van der Waals surface area contributed by atoms with Crippen molar-refractivity contribution in [1.29, 1.82) is 0 Å². The molecule has 1 N–H and O–H groups in total. The minimum absolute atomic E-state index is 0.00620. The van der Waals surface area contributed by atoms with Crippen molar-refractivity contribution < 1.29 is 17.9 Å². The highest BCUT2D eigenvalue weighted by Gasteiger charge is 2.36. The average Bonchev–Trinajstić information content (AvgIpc) is 2.80. The van der Waals surface area contributed by atoms with Crippen LogP contribution in [0, 0.1) is 0 Å². The Hall–Kier alpha value is -0.750. The van der Waals surface area contributed by atoms with E-state index in [0.717, 1.165) is 19.4 Å². The number of methoxy groups -OCH3 is 1. The fraction of sp³-hybridized carbons (Fsp3) is 0.500. The first-order valence-electron chi connectivity index (χ1n) is 5.61. The van der Waals surface area contributed by atoms with Crippen LogP contribution in [0.3, 0.4) is 0 Å². The van der Waals surface area contributed by atoms with Gasteiger partial charge in [-0.05, 0) is 53.0 Å². The molecule has 0 saturated carbocycles. The van der Waals surface area contributed by atoms with Crippen LogP contribution < -0.4 is 10.1 Å². The van der Waals surface area contributed by atoms with E-state index in [2.05, 4.69) is 21.2 Å². The van der Waals surface area contributed by atoms with Gasteiger partial charge in [-0.3, -0.25) is 0 Å². The molecule has 2 rings (SSSR count). The van der Waals surface area contributed by atoms with Crippen molar-refractivity contribution in [2.45, 2.75) is 25.1 Å². The maximum absolute atomic E-state index is 13.0. The SMILES string of the molecule is COc1c(Br)cc(C2CCCN2)cc1C(F)(F)F. The molecule has 1 aliphatic heterocycles. The molecule has 0 spiro atoms. The number of rotatable bonds is 2. The number of ether oxygens (including phenoxy) is 1. The van der Waals surface area contributed by atoms with Crippen LogP contribution in [0.1, 0.15) is 30.0 Å². The molecule has 1 aliphatic rings. The van der Waals surface area contributed by atoms with Crippen LogP contribution in [0.15, 0.2) is 16.6 Å². The summed E-state index contributed by atoms with van der Waals surface area (Å²) in [4.78, 5) is 0. The molecular weight excluding hydrogens is 311 g/mol. The summed E-state index contributed by atoms with van der Waals surface area (Å²) >= 11 is 3.14. The van der Waals surface area contributed by atoms with Crippen LogP contribution in [0.5, 0.6) is 5.75 Å². The molecule has 0 aromatic heterocycles. The third-order valence-corrected chi connectivity index (χ3v) is 3.63. The number of benzene rings is 1. The molecule has 2 nitrogen and oxygen atoms in total. The number of hydrogen-bond acceptors (Lipinski definition) is 2. The predicted molar refractivity (Wildman–Crippen MR) is 65.7 cm³/mol. The van der Waals surface area contributed by atoms with Crippen molar-refractivity contribution in [3.8, 4) is 5.75 Å². The molecule has 0 aliphatic carbocycles. The summed E-state index contributed by atoms with van der Waals surface area (Å²) in [6.45, 7) is 0.843. The van der Waals surface area contributed by atoms with Gasteiger partial charge in [-0.2, -0.15) is 13.2 Å². The summed E-state index contributed by atoms with van der Waals surface area (Å²) in [6, 6.07) is 2.86. The van der Waals surface area contributed by atoms with Gasteiger partial charge < -0.3 is 10.1 Å². The van der Waals surface area contributed by atoms with E-state index in [1.807, 2.05) is 0 Å². The summed E-state index contributed by atoms with van der Waals surface area (Å²) in [7, 11) is 1.24. The normalized spacial score (nSPS) is 20.2. The Labute approximate surface area is 112 Å². The van der Waals surface area contributed by atoms with Gasteiger partial charge in [0.05, 0.1) is 17.1 Å². The van der Waals surface area contributed by atoms with Gasteiger partial charge in [0, 0.05) is 6.04 Å². The van der Waals surface area contributed by atoms with Crippen molar-refractivity contribution >= 4 is 15.9 Å². The number of alkyl halides is 3. The molecule has 1 atom stereocenters. The zero-order chi connectivity index (χ0) is 13.3. The topological polar surface area (TPSA) is 21.3 Å². The standard InChI is InChI=1S/C12H13BrF3NO/c1-18-11-8(12(14,15)16)5-7(6-9(11)13)10-3-2-4-17-10/h5-6,10,17H,2-4H2,1H3. The van der Waals surface area contributed by atoms with Crippen LogP contribution in [-0.4, -0.2) is 13.7 Å². The first-order valence-corrected chi connectivity index (χ1v) is 6.41. The van der Waals surface area contributed by atoms with E-state index < -0.39 is 11.7 Å². The van der Waals surface area contributed by atoms with E-state index in [-0.39, 0.29) is 11.8 Å². The maximum atomic E-state index is 13.0. The zero-order valence-corrected chi connectivity index (χ0v) is 11.4. The molecule has 18 heavy (non-hydrogen) atoms. The van der Waals surface area contributed by atoms with E-state index in [0.29, 0.717) is 10.0 Å². The lowest BCUT2D eigenvalue weighted by molar-refractivity contribution is -0.138. The van der Waals surface area contributed by atoms with Crippen LogP contribution in [0.2, 0.25) is 0 Å². The lowest BCUT2D eigenvalue weighted by atomic mass is 10.0. The summed E-state index contributed by atoms with van der Waals surface area (Å²) < 4.78 is 44.1. The van der Waals surface area contributed by atoms with Crippen molar-refractivity contribution in [3.05, 3.63) is 27.7 Å². The summed E-state index contributed by atoms with van der Waals surface area (Å²) in [5.74, 6) is -0.163. The second-order valence-corrected chi connectivity index (χ2v) is 5.08. The minimum Gasteiger partial charge on any atom is -0.495 e. The average molecular weight is 324 g/mol. The molecule has 1 saturated heterocycles. The van der Waals surface area contributed by atoms with Gasteiger partial charge >= 0.3 is 6.18 Å². The number of halogens is 4. The van der Waals surface area contributed by atoms with Crippen LogP contribution >= 0.6 is 15.9 Å². The molecule has 0 radical (unpaired) electrons. The Balaban J connectivity index is 2.48. The molecule has 1 unspecified atom stereocenters.